The lowest BCUT2D eigenvalue weighted by Gasteiger charge is -2.18. The Bertz CT molecular complexity index is 381. The Morgan fingerprint density at radius 2 is 2.10 bits per heavy atom. The van der Waals surface area contributed by atoms with Crippen molar-refractivity contribution in [1.82, 2.24) is 10.2 Å². The van der Waals surface area contributed by atoms with Crippen molar-refractivity contribution in [2.45, 2.75) is 52.1 Å². The van der Waals surface area contributed by atoms with Crippen LogP contribution in [-0.4, -0.2) is 38.2 Å². The van der Waals surface area contributed by atoms with Crippen LogP contribution in [0.5, 0.6) is 5.75 Å². The van der Waals surface area contributed by atoms with E-state index in [1.165, 1.54) is 31.2 Å². The van der Waals surface area contributed by atoms with E-state index in [1.54, 1.807) is 7.11 Å². The largest absolute Gasteiger partial charge is 0.497 e. The normalized spacial score (nSPS) is 12.6. The van der Waals surface area contributed by atoms with Crippen LogP contribution in [0.15, 0.2) is 24.3 Å². The molecule has 21 heavy (non-hydrogen) atoms. The van der Waals surface area contributed by atoms with Crippen LogP contribution in [0.2, 0.25) is 0 Å². The number of benzene rings is 1. The number of hydrogen-bond donors (Lipinski definition) is 1. The first-order chi connectivity index (χ1) is 10.2. The fraction of sp³-hybridized carbons (Fsp3) is 0.667. The van der Waals surface area contributed by atoms with E-state index in [4.69, 9.17) is 4.74 Å². The summed E-state index contributed by atoms with van der Waals surface area (Å²) >= 11 is 0. The first-order valence-corrected chi connectivity index (χ1v) is 8.20. The molecule has 0 bridgehead atoms. The van der Waals surface area contributed by atoms with Gasteiger partial charge in [-0.05, 0) is 64.0 Å². The van der Waals surface area contributed by atoms with Gasteiger partial charge in [-0.25, -0.2) is 0 Å². The monoisotopic (exact) mass is 292 g/mol. The van der Waals surface area contributed by atoms with E-state index in [0.29, 0.717) is 6.04 Å². The molecular weight excluding hydrogens is 260 g/mol. The molecule has 0 amide bonds. The average molecular weight is 292 g/mol. The van der Waals surface area contributed by atoms with Crippen molar-refractivity contribution in [2.75, 3.05) is 27.2 Å². The molecule has 0 spiro atoms. The first-order valence-electron chi connectivity index (χ1n) is 8.20. The molecule has 0 aliphatic heterocycles. The van der Waals surface area contributed by atoms with Crippen molar-refractivity contribution in [3.63, 3.8) is 0 Å². The lowest BCUT2D eigenvalue weighted by Crippen LogP contribution is -2.27. The van der Waals surface area contributed by atoms with Crippen molar-refractivity contribution >= 4 is 0 Å². The Kier molecular flexibility index (Phi) is 9.11. The van der Waals surface area contributed by atoms with Crippen LogP contribution in [0.4, 0.5) is 0 Å². The Morgan fingerprint density at radius 3 is 2.81 bits per heavy atom. The van der Waals surface area contributed by atoms with Gasteiger partial charge in [0.05, 0.1) is 7.11 Å². The molecule has 3 nitrogen and oxygen atoms in total. The lowest BCUT2D eigenvalue weighted by molar-refractivity contribution is 0.313. The molecule has 0 aliphatic carbocycles. The highest BCUT2D eigenvalue weighted by Gasteiger charge is 2.03. The molecule has 0 saturated carbocycles. The molecule has 0 heterocycles. The maximum atomic E-state index is 5.27. The topological polar surface area (TPSA) is 24.5 Å². The zero-order chi connectivity index (χ0) is 15.5. The summed E-state index contributed by atoms with van der Waals surface area (Å²) in [6.07, 6.45) is 5.04. The van der Waals surface area contributed by atoms with Crippen LogP contribution >= 0.6 is 0 Å². The smallest absolute Gasteiger partial charge is 0.119 e. The maximum absolute atomic E-state index is 5.27. The van der Waals surface area contributed by atoms with Crippen LogP contribution in [-0.2, 0) is 6.54 Å². The van der Waals surface area contributed by atoms with Crippen LogP contribution in [0, 0.1) is 0 Å². The minimum absolute atomic E-state index is 0.647. The number of unbranched alkanes of at least 4 members (excludes halogenated alkanes) is 1. The molecule has 1 aromatic rings. The van der Waals surface area contributed by atoms with Gasteiger partial charge in [0.15, 0.2) is 0 Å². The summed E-state index contributed by atoms with van der Waals surface area (Å²) in [7, 11) is 3.91. The predicted octanol–water partition coefficient (Wildman–Crippen LogP) is 3.69. The Balaban J connectivity index is 2.17. The van der Waals surface area contributed by atoms with Crippen molar-refractivity contribution in [3.05, 3.63) is 29.8 Å². The molecule has 0 radical (unpaired) electrons. The first kappa shape index (κ1) is 18.0. The Hall–Kier alpha value is -1.06. The average Bonchev–Trinajstić information content (AvgIpc) is 2.49. The minimum Gasteiger partial charge on any atom is -0.497 e. The van der Waals surface area contributed by atoms with E-state index in [9.17, 15) is 0 Å². The summed E-state index contributed by atoms with van der Waals surface area (Å²) in [5.74, 6) is 0.941. The third-order valence-corrected chi connectivity index (χ3v) is 3.76. The van der Waals surface area contributed by atoms with Crippen LogP contribution in [0.25, 0.3) is 0 Å². The molecule has 1 aromatic carbocycles. The van der Waals surface area contributed by atoms with E-state index < -0.39 is 0 Å². The molecule has 0 fully saturated rings. The van der Waals surface area contributed by atoms with Gasteiger partial charge in [-0.15, -0.1) is 0 Å². The second-order valence-electron chi connectivity index (χ2n) is 5.94. The van der Waals surface area contributed by atoms with Crippen molar-refractivity contribution in [3.8, 4) is 5.75 Å². The lowest BCUT2D eigenvalue weighted by atomic mass is 10.1. The van der Waals surface area contributed by atoms with Gasteiger partial charge in [0.1, 0.15) is 5.75 Å². The zero-order valence-corrected chi connectivity index (χ0v) is 14.2. The zero-order valence-electron chi connectivity index (χ0n) is 14.2. The molecule has 1 N–H and O–H groups in total. The Morgan fingerprint density at radius 1 is 1.29 bits per heavy atom. The van der Waals surface area contributed by atoms with Crippen molar-refractivity contribution in [1.29, 1.82) is 0 Å². The van der Waals surface area contributed by atoms with E-state index in [2.05, 4.69) is 49.3 Å². The van der Waals surface area contributed by atoms with E-state index in [0.717, 1.165) is 25.4 Å². The van der Waals surface area contributed by atoms with Gasteiger partial charge in [-0.1, -0.05) is 25.5 Å². The quantitative estimate of drug-likeness (QED) is 0.630. The van der Waals surface area contributed by atoms with Crippen LogP contribution < -0.4 is 10.1 Å². The van der Waals surface area contributed by atoms with Gasteiger partial charge in [-0.2, -0.15) is 0 Å². The standard InChI is InChI=1S/C18H32N2O/c1-5-12-19-16(2)9-6-7-13-20(3)15-17-10-8-11-18(14-17)21-4/h8,10-11,14,16,19H,5-7,9,12-13,15H2,1-4H3. The van der Waals surface area contributed by atoms with E-state index in [1.807, 2.05) is 6.07 Å². The summed E-state index contributed by atoms with van der Waals surface area (Å²) in [6, 6.07) is 8.98. The van der Waals surface area contributed by atoms with E-state index >= 15 is 0 Å². The highest BCUT2D eigenvalue weighted by Crippen LogP contribution is 2.14. The van der Waals surface area contributed by atoms with E-state index in [-0.39, 0.29) is 0 Å². The summed E-state index contributed by atoms with van der Waals surface area (Å²) in [5, 5.41) is 3.55. The highest BCUT2D eigenvalue weighted by molar-refractivity contribution is 5.28. The van der Waals surface area contributed by atoms with Crippen molar-refractivity contribution < 1.29 is 4.74 Å². The van der Waals surface area contributed by atoms with Gasteiger partial charge < -0.3 is 15.0 Å². The van der Waals surface area contributed by atoms with Crippen molar-refractivity contribution in [2.24, 2.45) is 0 Å². The summed E-state index contributed by atoms with van der Waals surface area (Å²) < 4.78 is 5.27. The predicted molar refractivity (Wildman–Crippen MR) is 90.9 cm³/mol. The molecule has 3 heteroatoms. The fourth-order valence-corrected chi connectivity index (χ4v) is 2.49. The van der Waals surface area contributed by atoms with Gasteiger partial charge >= 0.3 is 0 Å². The fourth-order valence-electron chi connectivity index (χ4n) is 2.49. The molecule has 1 unspecified atom stereocenters. The highest BCUT2D eigenvalue weighted by atomic mass is 16.5. The summed E-state index contributed by atoms with van der Waals surface area (Å²) in [4.78, 5) is 2.39. The molecule has 0 saturated heterocycles. The third-order valence-electron chi connectivity index (χ3n) is 3.76. The number of ether oxygens (including phenoxy) is 1. The number of rotatable bonds is 11. The Labute approximate surface area is 130 Å². The molecular formula is C18H32N2O. The van der Waals surface area contributed by atoms with Gasteiger partial charge in [-0.3, -0.25) is 0 Å². The summed E-state index contributed by atoms with van der Waals surface area (Å²) in [5.41, 5.74) is 1.31. The molecule has 120 valence electrons. The van der Waals surface area contributed by atoms with Crippen LogP contribution in [0.3, 0.4) is 0 Å². The van der Waals surface area contributed by atoms with Gasteiger partial charge in [0, 0.05) is 12.6 Å². The molecule has 0 aliphatic rings. The maximum Gasteiger partial charge on any atom is 0.119 e. The number of nitrogens with one attached hydrogen (secondary N) is 1. The number of hydrogen-bond acceptors (Lipinski definition) is 3. The van der Waals surface area contributed by atoms with Crippen LogP contribution in [0.1, 0.15) is 45.1 Å². The molecule has 0 aromatic heterocycles. The third kappa shape index (κ3) is 8.08. The number of methoxy groups -OCH3 is 1. The van der Waals surface area contributed by atoms with Gasteiger partial charge in [0.25, 0.3) is 0 Å². The second-order valence-corrected chi connectivity index (χ2v) is 5.94. The molecule has 1 atom stereocenters. The summed E-state index contributed by atoms with van der Waals surface area (Å²) in [6.45, 7) is 7.78. The van der Waals surface area contributed by atoms with Gasteiger partial charge in [0.2, 0.25) is 0 Å². The minimum atomic E-state index is 0.647. The molecule has 1 rings (SSSR count). The SMILES string of the molecule is CCCNC(C)CCCCN(C)Cc1cccc(OC)c1. The second kappa shape index (κ2) is 10.6. The number of nitrogens with zero attached hydrogens (tertiary/aromatic N) is 1.